The average Bonchev–Trinajstić information content (AvgIpc) is 3.39. The second-order valence-corrected chi connectivity index (χ2v) is 9.01. The molecule has 3 heterocycles. The summed E-state index contributed by atoms with van der Waals surface area (Å²) >= 11 is 0. The summed E-state index contributed by atoms with van der Waals surface area (Å²) in [7, 11) is 7.46. The van der Waals surface area contributed by atoms with Gasteiger partial charge in [0.05, 0.1) is 25.2 Å². The monoisotopic (exact) mass is 471 g/mol. The van der Waals surface area contributed by atoms with Crippen LogP contribution in [0, 0.1) is 0 Å². The third-order valence-corrected chi connectivity index (χ3v) is 6.77. The Balaban J connectivity index is 1.44. The van der Waals surface area contributed by atoms with Gasteiger partial charge < -0.3 is 23.7 Å². The van der Waals surface area contributed by atoms with E-state index in [0.29, 0.717) is 34.1 Å². The number of methoxy groups -OCH3 is 2. The van der Waals surface area contributed by atoms with Crippen LogP contribution < -0.4 is 19.8 Å². The van der Waals surface area contributed by atoms with E-state index in [0.717, 1.165) is 42.0 Å². The molecule has 35 heavy (non-hydrogen) atoms. The van der Waals surface area contributed by atoms with Crippen molar-refractivity contribution < 1.29 is 13.9 Å². The molecule has 1 atom stereocenters. The van der Waals surface area contributed by atoms with Crippen molar-refractivity contribution in [3.05, 3.63) is 71.2 Å². The quantitative estimate of drug-likeness (QED) is 0.404. The molecule has 7 heteroatoms. The third-order valence-electron chi connectivity index (χ3n) is 6.77. The Bertz CT molecular complexity index is 1410. The van der Waals surface area contributed by atoms with E-state index < -0.39 is 0 Å². The second-order valence-electron chi connectivity index (χ2n) is 9.01. The van der Waals surface area contributed by atoms with Crippen LogP contribution in [0.15, 0.2) is 70.2 Å². The molecule has 1 aliphatic heterocycles. The van der Waals surface area contributed by atoms with Gasteiger partial charge in [0.25, 0.3) is 0 Å². The lowest BCUT2D eigenvalue weighted by atomic mass is 10.0. The molecule has 0 aliphatic carbocycles. The van der Waals surface area contributed by atoms with Gasteiger partial charge in [0.2, 0.25) is 5.43 Å². The largest absolute Gasteiger partial charge is 0.497 e. The van der Waals surface area contributed by atoms with Gasteiger partial charge in [0.1, 0.15) is 29.2 Å². The Kier molecular flexibility index (Phi) is 6.17. The van der Waals surface area contributed by atoms with E-state index in [1.165, 1.54) is 6.26 Å². The number of hydrogen-bond acceptors (Lipinski definition) is 7. The molecule has 7 nitrogen and oxygen atoms in total. The minimum absolute atomic E-state index is 0.0807. The topological polar surface area (TPSA) is 68.0 Å². The second kappa shape index (κ2) is 9.43. The number of fused-ring (bicyclic) bond motifs is 1. The lowest BCUT2D eigenvalue weighted by Crippen LogP contribution is -2.31. The maximum Gasteiger partial charge on any atom is 0.200 e. The molecule has 180 valence electrons. The van der Waals surface area contributed by atoms with Crippen molar-refractivity contribution in [3.8, 4) is 33.8 Å². The van der Waals surface area contributed by atoms with E-state index >= 15 is 0 Å². The Morgan fingerprint density at radius 2 is 1.83 bits per heavy atom. The normalized spacial score (nSPS) is 15.7. The number of rotatable bonds is 6. The van der Waals surface area contributed by atoms with E-state index in [4.69, 9.17) is 13.9 Å². The van der Waals surface area contributed by atoms with E-state index in [9.17, 15) is 4.79 Å². The number of likely N-dealkylation sites (N-methyl/N-ethyl adjacent to an activating group) is 1. The van der Waals surface area contributed by atoms with E-state index in [2.05, 4.69) is 28.9 Å². The summed E-state index contributed by atoms with van der Waals surface area (Å²) in [5, 5.41) is 0.524. The van der Waals surface area contributed by atoms with Crippen LogP contribution >= 0.6 is 0 Å². The molecule has 4 aromatic rings. The Labute approximate surface area is 204 Å². The number of benzene rings is 2. The summed E-state index contributed by atoms with van der Waals surface area (Å²) in [5.74, 6) is 2.33. The summed E-state index contributed by atoms with van der Waals surface area (Å²) < 4.78 is 16.7. The molecule has 1 fully saturated rings. The van der Waals surface area contributed by atoms with Crippen molar-refractivity contribution in [2.45, 2.75) is 12.5 Å². The van der Waals surface area contributed by atoms with Gasteiger partial charge >= 0.3 is 0 Å². The summed E-state index contributed by atoms with van der Waals surface area (Å²) in [6, 6.07) is 15.7. The van der Waals surface area contributed by atoms with E-state index in [1.807, 2.05) is 42.5 Å². The zero-order valence-corrected chi connectivity index (χ0v) is 20.4. The molecule has 0 amide bonds. The first-order valence-corrected chi connectivity index (χ1v) is 11.6. The zero-order chi connectivity index (χ0) is 24.5. The molecule has 2 aromatic heterocycles. The molecular formula is C28H29N3O4. The van der Waals surface area contributed by atoms with Crippen LogP contribution in [0.25, 0.3) is 33.2 Å². The molecule has 0 N–H and O–H groups in total. The van der Waals surface area contributed by atoms with Gasteiger partial charge in [-0.15, -0.1) is 0 Å². The van der Waals surface area contributed by atoms with Crippen LogP contribution in [0.1, 0.15) is 6.42 Å². The van der Waals surface area contributed by atoms with Crippen molar-refractivity contribution in [3.63, 3.8) is 0 Å². The summed E-state index contributed by atoms with van der Waals surface area (Å²) in [6.07, 6.45) is 4.40. The molecule has 0 saturated carbocycles. The van der Waals surface area contributed by atoms with Crippen molar-refractivity contribution in [1.82, 2.24) is 9.88 Å². The highest BCUT2D eigenvalue weighted by atomic mass is 16.5. The summed E-state index contributed by atoms with van der Waals surface area (Å²) in [6.45, 7) is 1.94. The van der Waals surface area contributed by atoms with Gasteiger partial charge in [-0.2, -0.15) is 0 Å². The van der Waals surface area contributed by atoms with Crippen LogP contribution in [-0.2, 0) is 0 Å². The molecular weight excluding hydrogens is 442 g/mol. The number of ether oxygens (including phenoxy) is 2. The lowest BCUT2D eigenvalue weighted by Gasteiger charge is -2.21. The first-order valence-electron chi connectivity index (χ1n) is 11.6. The summed E-state index contributed by atoms with van der Waals surface area (Å²) in [4.78, 5) is 22.5. The SMILES string of the molecule is COc1ccc(-c2ccc3c(=O)c(-c4ccc(N5CCC(N(C)C)C5)nc4)coc3c2)c(OC)c1. The van der Waals surface area contributed by atoms with Gasteiger partial charge in [0, 0.05) is 42.5 Å². The average molecular weight is 472 g/mol. The van der Waals surface area contributed by atoms with Crippen LogP contribution in [-0.4, -0.2) is 57.3 Å². The fourth-order valence-electron chi connectivity index (χ4n) is 4.64. The Hall–Kier alpha value is -3.84. The number of hydrogen-bond donors (Lipinski definition) is 0. The predicted octanol–water partition coefficient (Wildman–Crippen LogP) is 4.68. The molecule has 1 aliphatic rings. The van der Waals surface area contributed by atoms with Crippen molar-refractivity contribution in [2.24, 2.45) is 0 Å². The Morgan fingerprint density at radius 3 is 2.51 bits per heavy atom. The summed E-state index contributed by atoms with van der Waals surface area (Å²) in [5.41, 5.74) is 3.46. The minimum Gasteiger partial charge on any atom is -0.497 e. The van der Waals surface area contributed by atoms with E-state index in [-0.39, 0.29) is 5.43 Å². The highest BCUT2D eigenvalue weighted by Crippen LogP contribution is 2.35. The first kappa shape index (κ1) is 22.9. The van der Waals surface area contributed by atoms with Crippen LogP contribution in [0.4, 0.5) is 5.82 Å². The molecule has 0 radical (unpaired) electrons. The molecule has 0 spiro atoms. The maximum atomic E-state index is 13.3. The number of pyridine rings is 1. The molecule has 2 aromatic carbocycles. The number of nitrogens with zero attached hydrogens (tertiary/aromatic N) is 3. The predicted molar refractivity (Wildman–Crippen MR) is 139 cm³/mol. The number of anilines is 1. The number of aromatic nitrogens is 1. The van der Waals surface area contributed by atoms with Crippen LogP contribution in [0.2, 0.25) is 0 Å². The van der Waals surface area contributed by atoms with E-state index in [1.54, 1.807) is 26.5 Å². The van der Waals surface area contributed by atoms with Gasteiger partial charge in [0.15, 0.2) is 0 Å². The van der Waals surface area contributed by atoms with Gasteiger partial charge in [-0.3, -0.25) is 4.79 Å². The fraction of sp³-hybridized carbons (Fsp3) is 0.286. The first-order chi connectivity index (χ1) is 17.0. The minimum atomic E-state index is -0.0807. The molecule has 0 bridgehead atoms. The highest BCUT2D eigenvalue weighted by Gasteiger charge is 2.24. The molecule has 1 unspecified atom stereocenters. The van der Waals surface area contributed by atoms with Crippen LogP contribution in [0.3, 0.4) is 0 Å². The van der Waals surface area contributed by atoms with Gasteiger partial charge in [-0.25, -0.2) is 4.98 Å². The fourth-order valence-corrected chi connectivity index (χ4v) is 4.64. The highest BCUT2D eigenvalue weighted by molar-refractivity contribution is 5.87. The third kappa shape index (κ3) is 4.35. The standard InChI is InChI=1S/C28H29N3O4/c1-30(2)20-11-12-31(16-20)27-10-6-19(15-29-27)24-17-35-26-13-18(5-8-23(26)28(24)32)22-9-7-21(33-3)14-25(22)34-4/h5-10,13-15,17,20H,11-12,16H2,1-4H3. The Morgan fingerprint density at radius 1 is 1.00 bits per heavy atom. The molecule has 1 saturated heterocycles. The smallest absolute Gasteiger partial charge is 0.200 e. The van der Waals surface area contributed by atoms with Crippen molar-refractivity contribution in [1.29, 1.82) is 0 Å². The van der Waals surface area contributed by atoms with Crippen LogP contribution in [0.5, 0.6) is 11.5 Å². The van der Waals surface area contributed by atoms with Crippen molar-refractivity contribution in [2.75, 3.05) is 46.3 Å². The molecule has 5 rings (SSSR count). The lowest BCUT2D eigenvalue weighted by molar-refractivity contribution is 0.315. The van der Waals surface area contributed by atoms with Crippen molar-refractivity contribution >= 4 is 16.8 Å². The van der Waals surface area contributed by atoms with Gasteiger partial charge in [-0.05, 0) is 62.5 Å². The zero-order valence-electron chi connectivity index (χ0n) is 20.4. The van der Waals surface area contributed by atoms with Gasteiger partial charge in [-0.1, -0.05) is 6.07 Å². The maximum absolute atomic E-state index is 13.3.